The highest BCUT2D eigenvalue weighted by atomic mass is 16.4. The molecule has 2 aliphatic rings. The van der Waals surface area contributed by atoms with Crippen molar-refractivity contribution in [3.63, 3.8) is 0 Å². The number of aromatic carboxylic acids is 1. The van der Waals surface area contributed by atoms with Crippen molar-refractivity contribution in [3.8, 4) is 0 Å². The van der Waals surface area contributed by atoms with Gasteiger partial charge in [-0.2, -0.15) is 0 Å². The van der Waals surface area contributed by atoms with Crippen LogP contribution in [-0.2, 0) is 4.79 Å². The third-order valence-electron chi connectivity index (χ3n) is 5.02. The van der Waals surface area contributed by atoms with Crippen LogP contribution in [-0.4, -0.2) is 17.0 Å². The highest BCUT2D eigenvalue weighted by Crippen LogP contribution is 2.55. The molecule has 2 N–H and O–H groups in total. The molecule has 2 unspecified atom stereocenters. The minimum Gasteiger partial charge on any atom is -0.478 e. The molecule has 0 spiro atoms. The van der Waals surface area contributed by atoms with Gasteiger partial charge in [-0.3, -0.25) is 4.79 Å². The standard InChI is InChI=1S/C17H21NO3/c1-9-7-10(2)14(8-13(9)17(20)21)18-16(19)15-11-5-3-4-6-12(11)15/h7-8,11-12,15H,3-6H2,1-2H3,(H,18,19)(H,20,21). The molecule has 0 bridgehead atoms. The molecule has 1 aromatic rings. The summed E-state index contributed by atoms with van der Waals surface area (Å²) in [6.07, 6.45) is 4.79. The average Bonchev–Trinajstić information content (AvgIpc) is 3.15. The molecule has 4 nitrogen and oxygen atoms in total. The smallest absolute Gasteiger partial charge is 0.336 e. The lowest BCUT2D eigenvalue weighted by molar-refractivity contribution is -0.117. The van der Waals surface area contributed by atoms with Gasteiger partial charge >= 0.3 is 5.97 Å². The summed E-state index contributed by atoms with van der Waals surface area (Å²) in [5.74, 6) is 0.367. The van der Waals surface area contributed by atoms with Gasteiger partial charge < -0.3 is 10.4 Å². The third kappa shape index (κ3) is 2.55. The lowest BCUT2D eigenvalue weighted by Gasteiger charge is -2.11. The molecule has 2 atom stereocenters. The van der Waals surface area contributed by atoms with Gasteiger partial charge in [-0.25, -0.2) is 4.79 Å². The number of carboxylic acid groups (broad SMARTS) is 1. The van der Waals surface area contributed by atoms with Crippen LogP contribution in [0.4, 0.5) is 5.69 Å². The number of fused-ring (bicyclic) bond motifs is 1. The summed E-state index contributed by atoms with van der Waals surface area (Å²) in [4.78, 5) is 23.6. The number of hydrogen-bond donors (Lipinski definition) is 2. The molecular formula is C17H21NO3. The molecule has 112 valence electrons. The van der Waals surface area contributed by atoms with Crippen LogP contribution in [0.1, 0.15) is 47.2 Å². The molecule has 0 heterocycles. The fraction of sp³-hybridized carbons (Fsp3) is 0.529. The molecule has 3 rings (SSSR count). The van der Waals surface area contributed by atoms with Gasteiger partial charge in [-0.15, -0.1) is 0 Å². The number of carboxylic acids is 1. The summed E-state index contributed by atoms with van der Waals surface area (Å²) in [5, 5.41) is 12.1. The van der Waals surface area contributed by atoms with E-state index in [1.807, 2.05) is 13.0 Å². The number of aryl methyl sites for hydroxylation is 2. The van der Waals surface area contributed by atoms with Gasteiger partial charge in [-0.1, -0.05) is 18.9 Å². The summed E-state index contributed by atoms with van der Waals surface area (Å²) >= 11 is 0. The van der Waals surface area contributed by atoms with Crippen molar-refractivity contribution >= 4 is 17.6 Å². The average molecular weight is 287 g/mol. The van der Waals surface area contributed by atoms with Crippen LogP contribution in [0.15, 0.2) is 12.1 Å². The second-order valence-corrected chi connectivity index (χ2v) is 6.41. The van der Waals surface area contributed by atoms with E-state index in [0.717, 1.165) is 24.0 Å². The molecule has 0 saturated heterocycles. The lowest BCUT2D eigenvalue weighted by Crippen LogP contribution is -2.17. The molecule has 0 aliphatic heterocycles. The fourth-order valence-corrected chi connectivity index (χ4v) is 3.81. The summed E-state index contributed by atoms with van der Waals surface area (Å²) in [6.45, 7) is 3.67. The van der Waals surface area contributed by atoms with Gasteiger partial charge in [0.15, 0.2) is 0 Å². The predicted octanol–water partition coefficient (Wildman–Crippen LogP) is 3.38. The van der Waals surface area contributed by atoms with E-state index in [4.69, 9.17) is 0 Å². The summed E-state index contributed by atoms with van der Waals surface area (Å²) in [6, 6.07) is 3.40. The molecular weight excluding hydrogens is 266 g/mol. The van der Waals surface area contributed by atoms with Crippen LogP contribution in [0.25, 0.3) is 0 Å². The van der Waals surface area contributed by atoms with Crippen molar-refractivity contribution < 1.29 is 14.7 Å². The van der Waals surface area contributed by atoms with E-state index in [1.165, 1.54) is 12.8 Å². The highest BCUT2D eigenvalue weighted by molar-refractivity contribution is 5.98. The number of anilines is 1. The molecule has 2 saturated carbocycles. The number of benzene rings is 1. The van der Waals surface area contributed by atoms with Crippen LogP contribution in [0.3, 0.4) is 0 Å². The van der Waals surface area contributed by atoms with E-state index in [1.54, 1.807) is 13.0 Å². The first-order valence-corrected chi connectivity index (χ1v) is 7.64. The Morgan fingerprint density at radius 2 is 1.71 bits per heavy atom. The maximum atomic E-state index is 12.4. The van der Waals surface area contributed by atoms with E-state index in [0.29, 0.717) is 17.5 Å². The Morgan fingerprint density at radius 3 is 2.29 bits per heavy atom. The zero-order chi connectivity index (χ0) is 15.1. The monoisotopic (exact) mass is 287 g/mol. The third-order valence-corrected chi connectivity index (χ3v) is 5.02. The summed E-state index contributed by atoms with van der Waals surface area (Å²) in [5.41, 5.74) is 2.52. The number of hydrogen-bond acceptors (Lipinski definition) is 2. The first kappa shape index (κ1) is 14.1. The first-order valence-electron chi connectivity index (χ1n) is 7.64. The van der Waals surface area contributed by atoms with Gasteiger partial charge in [0.25, 0.3) is 0 Å². The second kappa shape index (κ2) is 5.17. The number of amides is 1. The van der Waals surface area contributed by atoms with Crippen LogP contribution >= 0.6 is 0 Å². The van der Waals surface area contributed by atoms with Crippen molar-refractivity contribution in [2.45, 2.75) is 39.5 Å². The molecule has 1 aromatic carbocycles. The minimum atomic E-state index is -0.955. The van der Waals surface area contributed by atoms with Gasteiger partial charge in [0, 0.05) is 11.6 Å². The Hall–Kier alpha value is -1.84. The summed E-state index contributed by atoms with van der Waals surface area (Å²) in [7, 11) is 0. The predicted molar refractivity (Wildman–Crippen MR) is 80.4 cm³/mol. The quantitative estimate of drug-likeness (QED) is 0.895. The largest absolute Gasteiger partial charge is 0.478 e. The molecule has 0 aromatic heterocycles. The van der Waals surface area contributed by atoms with Crippen LogP contribution in [0.5, 0.6) is 0 Å². The second-order valence-electron chi connectivity index (χ2n) is 6.41. The number of rotatable bonds is 3. The molecule has 2 fully saturated rings. The van der Waals surface area contributed by atoms with Crippen molar-refractivity contribution in [1.29, 1.82) is 0 Å². The van der Waals surface area contributed by atoms with Crippen molar-refractivity contribution in [3.05, 3.63) is 28.8 Å². The minimum absolute atomic E-state index is 0.0650. The zero-order valence-electron chi connectivity index (χ0n) is 12.5. The van der Waals surface area contributed by atoms with E-state index < -0.39 is 5.97 Å². The van der Waals surface area contributed by atoms with Gasteiger partial charge in [0.2, 0.25) is 5.91 Å². The molecule has 21 heavy (non-hydrogen) atoms. The van der Waals surface area contributed by atoms with E-state index in [9.17, 15) is 14.7 Å². The maximum absolute atomic E-state index is 12.4. The Kier molecular flexibility index (Phi) is 3.47. The van der Waals surface area contributed by atoms with E-state index in [-0.39, 0.29) is 17.4 Å². The first-order chi connectivity index (χ1) is 9.99. The Bertz CT molecular complexity index is 596. The number of carbonyl (C=O) groups is 2. The SMILES string of the molecule is Cc1cc(C)c(C(=O)O)cc1NC(=O)C1C2CCCCC21. The maximum Gasteiger partial charge on any atom is 0.336 e. The molecule has 1 amide bonds. The van der Waals surface area contributed by atoms with Gasteiger partial charge in [0.1, 0.15) is 0 Å². The topological polar surface area (TPSA) is 66.4 Å². The highest BCUT2D eigenvalue weighted by Gasteiger charge is 2.54. The Labute approximate surface area is 124 Å². The van der Waals surface area contributed by atoms with Crippen molar-refractivity contribution in [1.82, 2.24) is 0 Å². The lowest BCUT2D eigenvalue weighted by atomic mass is 10.0. The fourth-order valence-electron chi connectivity index (χ4n) is 3.81. The van der Waals surface area contributed by atoms with Gasteiger partial charge in [-0.05, 0) is 55.7 Å². The van der Waals surface area contributed by atoms with Crippen LogP contribution in [0, 0.1) is 31.6 Å². The van der Waals surface area contributed by atoms with Crippen LogP contribution in [0.2, 0.25) is 0 Å². The summed E-state index contributed by atoms with van der Waals surface area (Å²) < 4.78 is 0. The van der Waals surface area contributed by atoms with E-state index in [2.05, 4.69) is 5.32 Å². The molecule has 2 aliphatic carbocycles. The van der Waals surface area contributed by atoms with Crippen molar-refractivity contribution in [2.24, 2.45) is 17.8 Å². The number of nitrogens with one attached hydrogen (secondary N) is 1. The normalized spacial score (nSPS) is 26.9. The number of carbonyl (C=O) groups excluding carboxylic acids is 1. The zero-order valence-corrected chi connectivity index (χ0v) is 12.5. The van der Waals surface area contributed by atoms with Gasteiger partial charge in [0.05, 0.1) is 5.56 Å². The molecule has 4 heteroatoms. The molecule has 0 radical (unpaired) electrons. The van der Waals surface area contributed by atoms with Crippen molar-refractivity contribution in [2.75, 3.05) is 5.32 Å². The Morgan fingerprint density at radius 1 is 1.10 bits per heavy atom. The van der Waals surface area contributed by atoms with E-state index >= 15 is 0 Å². The van der Waals surface area contributed by atoms with Crippen LogP contribution < -0.4 is 5.32 Å². The Balaban J connectivity index is 1.77.